The second-order valence-corrected chi connectivity index (χ2v) is 7.83. The number of nitro benzene ring substituents is 1. The van der Waals surface area contributed by atoms with Crippen LogP contribution in [0.2, 0.25) is 10.0 Å². The lowest BCUT2D eigenvalue weighted by Gasteiger charge is -2.14. The molecule has 0 aromatic heterocycles. The summed E-state index contributed by atoms with van der Waals surface area (Å²) in [7, 11) is 1.44. The van der Waals surface area contributed by atoms with Crippen molar-refractivity contribution in [2.24, 2.45) is 0 Å². The van der Waals surface area contributed by atoms with Gasteiger partial charge in [-0.1, -0.05) is 41.4 Å². The van der Waals surface area contributed by atoms with Gasteiger partial charge in [0.05, 0.1) is 23.8 Å². The maximum Gasteiger partial charge on any atom is 0.273 e. The van der Waals surface area contributed by atoms with Crippen molar-refractivity contribution < 1.29 is 24.3 Å². The molecular formula is C24H17Cl2N3O6. The maximum absolute atomic E-state index is 12.7. The van der Waals surface area contributed by atoms with Gasteiger partial charge in [0.25, 0.3) is 11.6 Å². The van der Waals surface area contributed by atoms with E-state index in [0.29, 0.717) is 26.9 Å². The minimum atomic E-state index is -0.842. The first kappa shape index (κ1) is 25.4. The number of non-ortho nitro benzene ring substituents is 1. The molecule has 0 heterocycles. The molecule has 0 aliphatic heterocycles. The summed E-state index contributed by atoms with van der Waals surface area (Å²) in [5.41, 5.74) is 0.264. The van der Waals surface area contributed by atoms with E-state index in [1.807, 2.05) is 0 Å². The third-order valence-corrected chi connectivity index (χ3v) is 5.31. The Morgan fingerprint density at radius 1 is 1.23 bits per heavy atom. The number of methoxy groups -OCH3 is 1. The van der Waals surface area contributed by atoms with Gasteiger partial charge in [-0.15, -0.1) is 0 Å². The van der Waals surface area contributed by atoms with Crippen LogP contribution in [0.5, 0.6) is 17.2 Å². The predicted molar refractivity (Wildman–Crippen MR) is 131 cm³/mol. The van der Waals surface area contributed by atoms with Crippen molar-refractivity contribution in [2.45, 2.75) is 6.61 Å². The number of halogens is 2. The molecule has 0 bridgehead atoms. The van der Waals surface area contributed by atoms with Crippen LogP contribution in [-0.2, 0) is 11.4 Å². The highest BCUT2D eigenvalue weighted by Crippen LogP contribution is 2.34. The number of nitriles is 1. The summed E-state index contributed by atoms with van der Waals surface area (Å²) >= 11 is 12.1. The van der Waals surface area contributed by atoms with Crippen molar-refractivity contribution >= 4 is 46.6 Å². The number of carbonyl (C=O) groups excluding carboxylic acids is 1. The molecule has 0 radical (unpaired) electrons. The standard InChI is InChI=1S/C24H17Cl2N3O6/c1-34-22-4-2-3-14(23(22)35-13-15-5-6-17(25)10-19(15)26)9-16(12-27)24(31)28-20-8-7-18(29(32)33)11-21(20)30/h2-11,30H,13H2,1H3,(H,28,31)/b16-9-. The molecule has 0 aliphatic carbocycles. The SMILES string of the molecule is COc1cccc(/C=C(/C#N)C(=O)Nc2ccc([N+](=O)[O-])cc2O)c1OCc1ccc(Cl)cc1Cl. The van der Waals surface area contributed by atoms with E-state index in [4.69, 9.17) is 32.7 Å². The number of phenols is 1. The van der Waals surface area contributed by atoms with Crippen LogP contribution in [0, 0.1) is 21.4 Å². The number of nitro groups is 1. The van der Waals surface area contributed by atoms with E-state index in [1.54, 1.807) is 42.5 Å². The molecule has 178 valence electrons. The molecule has 0 unspecified atom stereocenters. The van der Waals surface area contributed by atoms with Crippen LogP contribution >= 0.6 is 23.2 Å². The Hall–Kier alpha value is -4.26. The largest absolute Gasteiger partial charge is 0.506 e. The van der Waals surface area contributed by atoms with Gasteiger partial charge in [-0.05, 0) is 30.3 Å². The number of phenolic OH excluding ortho intramolecular Hbond substituents is 1. The van der Waals surface area contributed by atoms with Crippen molar-refractivity contribution in [2.75, 3.05) is 12.4 Å². The molecule has 3 aromatic carbocycles. The second kappa shape index (κ2) is 11.2. The van der Waals surface area contributed by atoms with Crippen LogP contribution < -0.4 is 14.8 Å². The molecule has 0 atom stereocenters. The molecule has 2 N–H and O–H groups in total. The Balaban J connectivity index is 1.89. The normalized spacial score (nSPS) is 10.9. The first-order valence-corrected chi connectivity index (χ1v) is 10.6. The summed E-state index contributed by atoms with van der Waals surface area (Å²) in [5, 5.41) is 33.6. The monoisotopic (exact) mass is 513 g/mol. The van der Waals surface area contributed by atoms with Gasteiger partial charge in [-0.3, -0.25) is 14.9 Å². The first-order chi connectivity index (χ1) is 16.7. The lowest BCUT2D eigenvalue weighted by Crippen LogP contribution is -2.13. The lowest BCUT2D eigenvalue weighted by atomic mass is 10.1. The van der Waals surface area contributed by atoms with Gasteiger partial charge in [0.1, 0.15) is 24.0 Å². The molecule has 3 rings (SSSR count). The van der Waals surface area contributed by atoms with Gasteiger partial charge in [0.2, 0.25) is 0 Å². The third-order valence-electron chi connectivity index (χ3n) is 4.72. The molecule has 0 fully saturated rings. The number of carbonyl (C=O) groups is 1. The second-order valence-electron chi connectivity index (χ2n) is 6.99. The van der Waals surface area contributed by atoms with Crippen molar-refractivity contribution in [3.05, 3.63) is 91.5 Å². The smallest absolute Gasteiger partial charge is 0.273 e. The number of ether oxygens (including phenoxy) is 2. The van der Waals surface area contributed by atoms with Crippen LogP contribution in [0.25, 0.3) is 6.08 Å². The Labute approximate surface area is 209 Å². The van der Waals surface area contributed by atoms with Gasteiger partial charge in [-0.25, -0.2) is 0 Å². The Bertz CT molecular complexity index is 1370. The van der Waals surface area contributed by atoms with Gasteiger partial charge in [0, 0.05) is 27.2 Å². The summed E-state index contributed by atoms with van der Waals surface area (Å²) < 4.78 is 11.3. The third kappa shape index (κ3) is 6.20. The summed E-state index contributed by atoms with van der Waals surface area (Å²) in [4.78, 5) is 22.8. The first-order valence-electron chi connectivity index (χ1n) is 9.87. The van der Waals surface area contributed by atoms with E-state index in [1.165, 1.54) is 13.2 Å². The molecule has 1 amide bonds. The van der Waals surface area contributed by atoms with Crippen LogP contribution in [0.15, 0.2) is 60.2 Å². The number of rotatable bonds is 8. The molecule has 0 spiro atoms. The zero-order valence-electron chi connectivity index (χ0n) is 18.1. The fourth-order valence-electron chi connectivity index (χ4n) is 2.98. The average Bonchev–Trinajstić information content (AvgIpc) is 2.83. The van der Waals surface area contributed by atoms with E-state index in [0.717, 1.165) is 18.2 Å². The van der Waals surface area contributed by atoms with Crippen LogP contribution in [-0.4, -0.2) is 23.0 Å². The number of amides is 1. The summed E-state index contributed by atoms with van der Waals surface area (Å²) in [6, 6.07) is 14.8. The van der Waals surface area contributed by atoms with E-state index < -0.39 is 16.6 Å². The van der Waals surface area contributed by atoms with E-state index in [-0.39, 0.29) is 29.3 Å². The fraction of sp³-hybridized carbons (Fsp3) is 0.0833. The predicted octanol–water partition coefficient (Wildman–Crippen LogP) is 5.74. The summed E-state index contributed by atoms with van der Waals surface area (Å²) in [5.74, 6) is -0.740. The highest BCUT2D eigenvalue weighted by atomic mass is 35.5. The number of anilines is 1. The molecule has 9 nitrogen and oxygen atoms in total. The molecule has 3 aromatic rings. The number of benzene rings is 3. The molecule has 35 heavy (non-hydrogen) atoms. The number of nitrogens with zero attached hydrogens (tertiary/aromatic N) is 2. The molecule has 11 heteroatoms. The van der Waals surface area contributed by atoms with Crippen LogP contribution in [0.4, 0.5) is 11.4 Å². The summed E-state index contributed by atoms with van der Waals surface area (Å²) in [6.45, 7) is 0.0575. The zero-order valence-corrected chi connectivity index (χ0v) is 19.6. The highest BCUT2D eigenvalue weighted by molar-refractivity contribution is 6.35. The zero-order chi connectivity index (χ0) is 25.5. The Morgan fingerprint density at radius 3 is 2.63 bits per heavy atom. The molecule has 0 aliphatic rings. The minimum Gasteiger partial charge on any atom is -0.506 e. The van der Waals surface area contributed by atoms with Crippen LogP contribution in [0.1, 0.15) is 11.1 Å². The van der Waals surface area contributed by atoms with E-state index >= 15 is 0 Å². The molecular weight excluding hydrogens is 497 g/mol. The Kier molecular flexibility index (Phi) is 8.15. The molecule has 0 saturated carbocycles. The van der Waals surface area contributed by atoms with Crippen molar-refractivity contribution in [1.82, 2.24) is 0 Å². The number of hydrogen-bond acceptors (Lipinski definition) is 7. The molecule has 0 saturated heterocycles. The number of para-hydroxylation sites is 1. The van der Waals surface area contributed by atoms with E-state index in [2.05, 4.69) is 5.32 Å². The summed E-state index contributed by atoms with van der Waals surface area (Å²) in [6.07, 6.45) is 1.29. The van der Waals surface area contributed by atoms with Crippen molar-refractivity contribution in [3.63, 3.8) is 0 Å². The fourth-order valence-corrected chi connectivity index (χ4v) is 3.45. The Morgan fingerprint density at radius 2 is 2.00 bits per heavy atom. The van der Waals surface area contributed by atoms with Crippen molar-refractivity contribution in [1.29, 1.82) is 5.26 Å². The lowest BCUT2D eigenvalue weighted by molar-refractivity contribution is -0.384. The quantitative estimate of drug-likeness (QED) is 0.129. The van der Waals surface area contributed by atoms with E-state index in [9.17, 15) is 25.3 Å². The van der Waals surface area contributed by atoms with Gasteiger partial charge >= 0.3 is 0 Å². The average molecular weight is 514 g/mol. The number of aromatic hydroxyl groups is 1. The topological polar surface area (TPSA) is 135 Å². The number of nitrogens with one attached hydrogen (secondary N) is 1. The minimum absolute atomic E-state index is 0.0575. The van der Waals surface area contributed by atoms with Gasteiger partial charge in [0.15, 0.2) is 11.5 Å². The maximum atomic E-state index is 12.7. The van der Waals surface area contributed by atoms with Gasteiger partial charge < -0.3 is 19.9 Å². The van der Waals surface area contributed by atoms with Crippen LogP contribution in [0.3, 0.4) is 0 Å². The number of hydrogen-bond donors (Lipinski definition) is 2. The highest BCUT2D eigenvalue weighted by Gasteiger charge is 2.17. The van der Waals surface area contributed by atoms with Crippen molar-refractivity contribution in [3.8, 4) is 23.3 Å². The van der Waals surface area contributed by atoms with Gasteiger partial charge in [-0.2, -0.15) is 5.26 Å².